The summed E-state index contributed by atoms with van der Waals surface area (Å²) in [7, 11) is 0. The lowest BCUT2D eigenvalue weighted by Crippen LogP contribution is -2.05. The molecule has 0 amide bonds. The van der Waals surface area contributed by atoms with Gasteiger partial charge in [0, 0.05) is 16.1 Å². The Morgan fingerprint density at radius 1 is 1.38 bits per heavy atom. The van der Waals surface area contributed by atoms with Gasteiger partial charge in [-0.1, -0.05) is 13.8 Å². The van der Waals surface area contributed by atoms with E-state index in [0.29, 0.717) is 5.69 Å². The van der Waals surface area contributed by atoms with Gasteiger partial charge in [0.25, 0.3) is 0 Å². The molecule has 84 valence electrons. The maximum Gasteiger partial charge on any atom is 0.159 e. The Morgan fingerprint density at radius 3 is 2.75 bits per heavy atom. The van der Waals surface area contributed by atoms with Gasteiger partial charge in [0.2, 0.25) is 0 Å². The molecule has 1 aromatic heterocycles. The monoisotopic (exact) mass is 281 g/mol. The second-order valence-corrected chi connectivity index (χ2v) is 4.66. The van der Waals surface area contributed by atoms with Gasteiger partial charge in [-0.2, -0.15) is 4.68 Å². The molecule has 2 N–H and O–H groups in total. The molecule has 0 saturated heterocycles. The molecule has 0 atom stereocenters. The zero-order chi connectivity index (χ0) is 11.7. The topological polar surface area (TPSA) is 69.6 Å². The zero-order valence-corrected chi connectivity index (χ0v) is 10.6. The zero-order valence-electron chi connectivity index (χ0n) is 9.05. The van der Waals surface area contributed by atoms with E-state index in [1.807, 2.05) is 18.2 Å². The molecule has 5 nitrogen and oxygen atoms in total. The van der Waals surface area contributed by atoms with Gasteiger partial charge >= 0.3 is 0 Å². The van der Waals surface area contributed by atoms with Crippen molar-refractivity contribution in [1.82, 2.24) is 20.2 Å². The number of nitrogens with zero attached hydrogens (tertiary/aromatic N) is 4. The highest BCUT2D eigenvalue weighted by Gasteiger charge is 2.12. The van der Waals surface area contributed by atoms with Crippen molar-refractivity contribution in [3.8, 4) is 5.69 Å². The summed E-state index contributed by atoms with van der Waals surface area (Å²) in [6.45, 7) is 4.10. The Kier molecular flexibility index (Phi) is 2.91. The number of aromatic nitrogens is 4. The SMILES string of the molecule is CC(C)c1nnnn1-c1ccc(N)c(Br)c1. The van der Waals surface area contributed by atoms with Crippen LogP contribution in [0.1, 0.15) is 25.6 Å². The molecule has 0 bridgehead atoms. The third kappa shape index (κ3) is 1.92. The van der Waals surface area contributed by atoms with Gasteiger partial charge in [-0.25, -0.2) is 0 Å². The number of hydrogen-bond acceptors (Lipinski definition) is 4. The Balaban J connectivity index is 2.50. The first kappa shape index (κ1) is 11.1. The van der Waals surface area contributed by atoms with Gasteiger partial charge < -0.3 is 5.73 Å². The van der Waals surface area contributed by atoms with Crippen molar-refractivity contribution in [2.45, 2.75) is 19.8 Å². The summed E-state index contributed by atoms with van der Waals surface area (Å²) < 4.78 is 2.56. The second-order valence-electron chi connectivity index (χ2n) is 3.81. The molecular formula is C10H12BrN5. The molecule has 0 aliphatic rings. The summed E-state index contributed by atoms with van der Waals surface area (Å²) in [5, 5.41) is 11.7. The lowest BCUT2D eigenvalue weighted by molar-refractivity contribution is 0.710. The Bertz CT molecular complexity index is 506. The van der Waals surface area contributed by atoms with Gasteiger partial charge in [0.15, 0.2) is 5.82 Å². The van der Waals surface area contributed by atoms with E-state index < -0.39 is 0 Å². The van der Waals surface area contributed by atoms with Crippen LogP contribution < -0.4 is 5.73 Å². The molecule has 0 fully saturated rings. The molecule has 2 rings (SSSR count). The van der Waals surface area contributed by atoms with Crippen molar-refractivity contribution >= 4 is 21.6 Å². The van der Waals surface area contributed by atoms with Crippen LogP contribution in [-0.2, 0) is 0 Å². The van der Waals surface area contributed by atoms with E-state index in [-0.39, 0.29) is 5.92 Å². The highest BCUT2D eigenvalue weighted by molar-refractivity contribution is 9.10. The van der Waals surface area contributed by atoms with E-state index >= 15 is 0 Å². The Labute approximate surface area is 102 Å². The highest BCUT2D eigenvalue weighted by Crippen LogP contribution is 2.23. The molecule has 1 heterocycles. The van der Waals surface area contributed by atoms with Crippen LogP contribution >= 0.6 is 15.9 Å². The fourth-order valence-corrected chi connectivity index (χ4v) is 1.75. The number of rotatable bonds is 2. The smallest absolute Gasteiger partial charge is 0.159 e. The minimum Gasteiger partial charge on any atom is -0.398 e. The second kappa shape index (κ2) is 4.21. The number of tetrazole rings is 1. The van der Waals surface area contributed by atoms with Crippen molar-refractivity contribution in [1.29, 1.82) is 0 Å². The van der Waals surface area contributed by atoms with E-state index in [2.05, 4.69) is 45.3 Å². The average molecular weight is 282 g/mol. The highest BCUT2D eigenvalue weighted by atomic mass is 79.9. The number of hydrogen-bond donors (Lipinski definition) is 1. The fourth-order valence-electron chi connectivity index (χ4n) is 1.39. The van der Waals surface area contributed by atoms with Gasteiger partial charge in [0.05, 0.1) is 5.69 Å². The molecule has 16 heavy (non-hydrogen) atoms. The summed E-state index contributed by atoms with van der Waals surface area (Å²) in [5.41, 5.74) is 7.33. The summed E-state index contributed by atoms with van der Waals surface area (Å²) in [6.07, 6.45) is 0. The van der Waals surface area contributed by atoms with Crippen LogP contribution in [0.3, 0.4) is 0 Å². The van der Waals surface area contributed by atoms with Crippen molar-refractivity contribution in [3.05, 3.63) is 28.5 Å². The largest absolute Gasteiger partial charge is 0.398 e. The van der Waals surface area contributed by atoms with E-state index in [4.69, 9.17) is 5.73 Å². The van der Waals surface area contributed by atoms with Gasteiger partial charge in [0.1, 0.15) is 0 Å². The standard InChI is InChI=1S/C10H12BrN5/c1-6(2)10-13-14-15-16(10)7-3-4-9(12)8(11)5-7/h3-6H,12H2,1-2H3. The molecule has 1 aromatic carbocycles. The van der Waals surface area contributed by atoms with Crippen LogP contribution in [-0.4, -0.2) is 20.2 Å². The Hall–Kier alpha value is -1.43. The van der Waals surface area contributed by atoms with Crippen LogP contribution in [0, 0.1) is 0 Å². The van der Waals surface area contributed by atoms with E-state index in [0.717, 1.165) is 16.0 Å². The fraction of sp³-hybridized carbons (Fsp3) is 0.300. The molecule has 0 spiro atoms. The summed E-state index contributed by atoms with van der Waals surface area (Å²) in [4.78, 5) is 0. The lowest BCUT2D eigenvalue weighted by atomic mass is 10.2. The molecule has 6 heteroatoms. The van der Waals surface area contributed by atoms with Crippen LogP contribution in [0.2, 0.25) is 0 Å². The number of anilines is 1. The minimum atomic E-state index is 0.270. The van der Waals surface area contributed by atoms with Gasteiger partial charge in [-0.15, -0.1) is 5.10 Å². The first-order chi connectivity index (χ1) is 7.59. The van der Waals surface area contributed by atoms with E-state index in [1.54, 1.807) is 4.68 Å². The van der Waals surface area contributed by atoms with Gasteiger partial charge in [-0.05, 0) is 44.6 Å². The molecule has 0 radical (unpaired) electrons. The third-order valence-electron chi connectivity index (χ3n) is 2.24. The summed E-state index contributed by atoms with van der Waals surface area (Å²) in [5.74, 6) is 1.10. The molecule has 2 aromatic rings. The quantitative estimate of drug-likeness (QED) is 0.857. The molecule has 0 aliphatic heterocycles. The van der Waals surface area contributed by atoms with Crippen LogP contribution in [0.5, 0.6) is 0 Å². The van der Waals surface area contributed by atoms with Crippen molar-refractivity contribution in [3.63, 3.8) is 0 Å². The number of nitrogens with two attached hydrogens (primary N) is 1. The van der Waals surface area contributed by atoms with Gasteiger partial charge in [-0.3, -0.25) is 0 Å². The number of halogens is 1. The normalized spacial score (nSPS) is 11.0. The Morgan fingerprint density at radius 2 is 2.12 bits per heavy atom. The molecule has 0 saturated carbocycles. The predicted molar refractivity (Wildman–Crippen MR) is 65.4 cm³/mol. The van der Waals surface area contributed by atoms with E-state index in [9.17, 15) is 0 Å². The molecule has 0 aliphatic carbocycles. The lowest BCUT2D eigenvalue weighted by Gasteiger charge is -2.07. The minimum absolute atomic E-state index is 0.270. The predicted octanol–water partition coefficient (Wildman–Crippen LogP) is 2.13. The first-order valence-electron chi connectivity index (χ1n) is 4.93. The maximum atomic E-state index is 5.73. The maximum absolute atomic E-state index is 5.73. The summed E-state index contributed by atoms with van der Waals surface area (Å²) >= 11 is 3.39. The van der Waals surface area contributed by atoms with Crippen LogP contribution in [0.15, 0.2) is 22.7 Å². The van der Waals surface area contributed by atoms with E-state index in [1.165, 1.54) is 0 Å². The molecular weight excluding hydrogens is 270 g/mol. The van der Waals surface area contributed by atoms with Crippen LogP contribution in [0.25, 0.3) is 5.69 Å². The average Bonchev–Trinajstić information content (AvgIpc) is 2.71. The number of nitrogen functional groups attached to an aromatic ring is 1. The molecule has 0 unspecified atom stereocenters. The van der Waals surface area contributed by atoms with Crippen molar-refractivity contribution in [2.24, 2.45) is 0 Å². The van der Waals surface area contributed by atoms with Crippen molar-refractivity contribution in [2.75, 3.05) is 5.73 Å². The first-order valence-corrected chi connectivity index (χ1v) is 5.72. The third-order valence-corrected chi connectivity index (χ3v) is 2.93. The van der Waals surface area contributed by atoms with Crippen molar-refractivity contribution < 1.29 is 0 Å². The summed E-state index contributed by atoms with van der Waals surface area (Å²) in [6, 6.07) is 5.62. The van der Waals surface area contributed by atoms with Crippen LogP contribution in [0.4, 0.5) is 5.69 Å². The number of benzene rings is 1.